The van der Waals surface area contributed by atoms with Crippen LogP contribution >= 0.6 is 11.3 Å². The van der Waals surface area contributed by atoms with Gasteiger partial charge < -0.3 is 0 Å². The molecule has 5 nitrogen and oxygen atoms in total. The van der Waals surface area contributed by atoms with Crippen molar-refractivity contribution in [3.63, 3.8) is 0 Å². The summed E-state index contributed by atoms with van der Waals surface area (Å²) >= 11 is 1.77. The minimum absolute atomic E-state index is 0.620. The fraction of sp³-hybridized carbons (Fsp3) is 0. The Morgan fingerprint density at radius 2 is 0.906 bits per heavy atom. The molecule has 0 unspecified atom stereocenters. The lowest BCUT2D eigenvalue weighted by Gasteiger charge is -2.11. The summed E-state index contributed by atoms with van der Waals surface area (Å²) in [7, 11) is 0. The summed E-state index contributed by atoms with van der Waals surface area (Å²) in [6.45, 7) is 0. The SMILES string of the molecule is c1ccc(-c2ccc(-c3nc(-c4ccccc4)nc(-c4cccc(-c5cccc(-c6nc7cccnc7c7c6sc6ccccc67)c5)c4)n3)cc2)cc1. The summed E-state index contributed by atoms with van der Waals surface area (Å²) in [5.41, 5.74) is 11.1. The van der Waals surface area contributed by atoms with Crippen molar-refractivity contribution in [2.75, 3.05) is 0 Å². The zero-order valence-electron chi connectivity index (χ0n) is 28.4. The third kappa shape index (κ3) is 5.72. The predicted octanol–water partition coefficient (Wildman–Crippen LogP) is 12.2. The maximum atomic E-state index is 5.19. The Kier molecular flexibility index (Phi) is 7.59. The van der Waals surface area contributed by atoms with E-state index in [4.69, 9.17) is 24.9 Å². The molecule has 0 aliphatic carbocycles. The van der Waals surface area contributed by atoms with Gasteiger partial charge in [-0.05, 0) is 52.6 Å². The molecule has 53 heavy (non-hydrogen) atoms. The molecule has 0 fully saturated rings. The van der Waals surface area contributed by atoms with Crippen molar-refractivity contribution in [1.82, 2.24) is 24.9 Å². The summed E-state index contributed by atoms with van der Waals surface area (Å²) in [6, 6.07) is 58.5. The number of hydrogen-bond acceptors (Lipinski definition) is 6. The number of pyridine rings is 2. The average molecular weight is 696 g/mol. The zero-order valence-corrected chi connectivity index (χ0v) is 29.2. The average Bonchev–Trinajstić information content (AvgIpc) is 3.64. The van der Waals surface area contributed by atoms with Gasteiger partial charge in [0.05, 0.1) is 21.4 Å². The van der Waals surface area contributed by atoms with Crippen molar-refractivity contribution in [1.29, 1.82) is 0 Å². The van der Waals surface area contributed by atoms with Crippen molar-refractivity contribution < 1.29 is 0 Å². The lowest BCUT2D eigenvalue weighted by Crippen LogP contribution is -2.00. The molecule has 10 aromatic rings. The second-order valence-corrected chi connectivity index (χ2v) is 14.0. The Balaban J connectivity index is 1.07. The third-order valence-electron chi connectivity index (χ3n) is 9.57. The van der Waals surface area contributed by atoms with Crippen molar-refractivity contribution in [3.8, 4) is 67.7 Å². The van der Waals surface area contributed by atoms with Gasteiger partial charge in [0, 0.05) is 43.9 Å². The van der Waals surface area contributed by atoms with Gasteiger partial charge in [0.25, 0.3) is 0 Å². The summed E-state index contributed by atoms with van der Waals surface area (Å²) in [6.07, 6.45) is 1.85. The molecule has 10 rings (SSSR count). The van der Waals surface area contributed by atoms with Gasteiger partial charge in [-0.3, -0.25) is 4.98 Å². The first-order valence-corrected chi connectivity index (χ1v) is 18.3. The maximum absolute atomic E-state index is 5.19. The monoisotopic (exact) mass is 695 g/mol. The highest BCUT2D eigenvalue weighted by molar-refractivity contribution is 7.26. The van der Waals surface area contributed by atoms with Gasteiger partial charge in [-0.25, -0.2) is 19.9 Å². The number of nitrogens with zero attached hydrogens (tertiary/aromatic N) is 5. The number of rotatable bonds is 6. The molecule has 0 N–H and O–H groups in total. The van der Waals surface area contributed by atoms with Gasteiger partial charge in [-0.1, -0.05) is 140 Å². The molecule has 6 heteroatoms. The molecule has 6 aromatic carbocycles. The highest BCUT2D eigenvalue weighted by Crippen LogP contribution is 2.42. The van der Waals surface area contributed by atoms with Crippen LogP contribution < -0.4 is 0 Å². The first-order valence-electron chi connectivity index (χ1n) is 17.5. The van der Waals surface area contributed by atoms with E-state index in [0.717, 1.165) is 65.8 Å². The second kappa shape index (κ2) is 13.0. The molecule has 0 saturated carbocycles. The molecule has 248 valence electrons. The molecule has 0 bridgehead atoms. The highest BCUT2D eigenvalue weighted by Gasteiger charge is 2.18. The number of hydrogen-bond donors (Lipinski definition) is 0. The predicted molar refractivity (Wildman–Crippen MR) is 218 cm³/mol. The Labute approximate surface area is 310 Å². The second-order valence-electron chi connectivity index (χ2n) is 12.9. The van der Waals surface area contributed by atoms with Crippen molar-refractivity contribution in [3.05, 3.63) is 176 Å². The van der Waals surface area contributed by atoms with Gasteiger partial charge in [0.2, 0.25) is 0 Å². The number of aromatic nitrogens is 5. The normalized spacial score (nSPS) is 11.4. The van der Waals surface area contributed by atoms with E-state index in [2.05, 4.69) is 127 Å². The van der Waals surface area contributed by atoms with Crippen molar-refractivity contribution >= 4 is 42.5 Å². The Morgan fingerprint density at radius 3 is 1.64 bits per heavy atom. The number of thiophene rings is 1. The summed E-state index contributed by atoms with van der Waals surface area (Å²) in [4.78, 5) is 25.0. The molecule has 0 radical (unpaired) electrons. The van der Waals surface area contributed by atoms with Crippen LogP contribution in [0.25, 0.3) is 98.9 Å². The standard InChI is InChI=1S/C47H29N5S/c1-3-12-30(13-4-1)31-23-25-33(26-24-31)46-50-45(32-14-5-2-6-15-32)51-47(52-46)37-19-10-17-35(29-37)34-16-9-18-36(28-34)42-44-41(38-20-7-8-22-40(38)53-44)43-39(49-42)21-11-27-48-43/h1-29H. The largest absolute Gasteiger partial charge is 0.254 e. The van der Waals surface area contributed by atoms with Gasteiger partial charge in [0.15, 0.2) is 17.5 Å². The van der Waals surface area contributed by atoms with Gasteiger partial charge in [0.1, 0.15) is 0 Å². The lowest BCUT2D eigenvalue weighted by atomic mass is 9.98. The number of fused-ring (bicyclic) bond motifs is 5. The molecule has 0 aliphatic heterocycles. The third-order valence-corrected chi connectivity index (χ3v) is 10.8. The molecule has 0 spiro atoms. The fourth-order valence-corrected chi connectivity index (χ4v) is 8.19. The van der Waals surface area contributed by atoms with Crippen LogP contribution in [0.3, 0.4) is 0 Å². The molecule has 0 saturated heterocycles. The molecule has 4 heterocycles. The van der Waals surface area contributed by atoms with Crippen LogP contribution in [0.15, 0.2) is 176 Å². The van der Waals surface area contributed by atoms with Gasteiger partial charge >= 0.3 is 0 Å². The van der Waals surface area contributed by atoms with E-state index in [-0.39, 0.29) is 0 Å². The van der Waals surface area contributed by atoms with Crippen LogP contribution in [0.2, 0.25) is 0 Å². The first kappa shape index (κ1) is 30.9. The maximum Gasteiger partial charge on any atom is 0.164 e. The molecular weight excluding hydrogens is 667 g/mol. The fourth-order valence-electron chi connectivity index (χ4n) is 6.97. The molecule has 0 aliphatic rings. The van der Waals surface area contributed by atoms with E-state index < -0.39 is 0 Å². The smallest absolute Gasteiger partial charge is 0.164 e. The van der Waals surface area contributed by atoms with E-state index in [1.165, 1.54) is 15.6 Å². The molecule has 0 atom stereocenters. The Bertz CT molecular complexity index is 2940. The van der Waals surface area contributed by atoms with Crippen LogP contribution in [0.4, 0.5) is 0 Å². The summed E-state index contributed by atoms with van der Waals surface area (Å²) in [5, 5.41) is 2.37. The quantitative estimate of drug-likeness (QED) is 0.173. The zero-order chi connectivity index (χ0) is 35.1. The van der Waals surface area contributed by atoms with Gasteiger partial charge in [-0.2, -0.15) is 0 Å². The molecule has 4 aromatic heterocycles. The van der Waals surface area contributed by atoms with Crippen molar-refractivity contribution in [2.24, 2.45) is 0 Å². The summed E-state index contributed by atoms with van der Waals surface area (Å²) in [5.74, 6) is 1.88. The summed E-state index contributed by atoms with van der Waals surface area (Å²) < 4.78 is 2.37. The molecular formula is C47H29N5S. The molecule has 0 amide bonds. The minimum Gasteiger partial charge on any atom is -0.254 e. The Morgan fingerprint density at radius 1 is 0.377 bits per heavy atom. The van der Waals surface area contributed by atoms with Crippen molar-refractivity contribution in [2.45, 2.75) is 0 Å². The van der Waals surface area contributed by atoms with E-state index >= 15 is 0 Å². The van der Waals surface area contributed by atoms with Crippen LogP contribution in [0.5, 0.6) is 0 Å². The van der Waals surface area contributed by atoms with Crippen LogP contribution in [0.1, 0.15) is 0 Å². The number of benzene rings is 6. The van der Waals surface area contributed by atoms with E-state index in [1.54, 1.807) is 11.3 Å². The van der Waals surface area contributed by atoms with E-state index in [9.17, 15) is 0 Å². The van der Waals surface area contributed by atoms with Crippen LogP contribution in [-0.2, 0) is 0 Å². The Hall–Kier alpha value is -6.89. The van der Waals surface area contributed by atoms with E-state index in [1.807, 2.05) is 48.7 Å². The topological polar surface area (TPSA) is 64.5 Å². The van der Waals surface area contributed by atoms with Crippen LogP contribution in [-0.4, -0.2) is 24.9 Å². The first-order chi connectivity index (χ1) is 26.2. The lowest BCUT2D eigenvalue weighted by molar-refractivity contribution is 1.07. The highest BCUT2D eigenvalue weighted by atomic mass is 32.1. The minimum atomic E-state index is 0.620. The van der Waals surface area contributed by atoms with Crippen LogP contribution in [0, 0.1) is 0 Å². The van der Waals surface area contributed by atoms with Gasteiger partial charge in [-0.15, -0.1) is 11.3 Å². The van der Waals surface area contributed by atoms with E-state index in [0.29, 0.717) is 17.5 Å².